The molecule has 0 aliphatic heterocycles. The first-order valence-electron chi connectivity index (χ1n) is 9.19. The van der Waals surface area contributed by atoms with Crippen molar-refractivity contribution in [2.24, 2.45) is 0 Å². The molecule has 0 heterocycles. The predicted octanol–water partition coefficient (Wildman–Crippen LogP) is 6.47. The smallest absolute Gasteiger partial charge is 0.147 e. The molecule has 0 saturated carbocycles. The first-order chi connectivity index (χ1) is 11.4. The van der Waals surface area contributed by atoms with Crippen LogP contribution in [0.15, 0.2) is 30.3 Å². The largest absolute Gasteiger partial charge is 0.355 e. The molecule has 23 heavy (non-hydrogen) atoms. The van der Waals surface area contributed by atoms with E-state index in [1.165, 1.54) is 63.4 Å². The first-order valence-corrected chi connectivity index (χ1v) is 10.3. The summed E-state index contributed by atoms with van der Waals surface area (Å²) in [5.41, 5.74) is 1.20. The van der Waals surface area contributed by atoms with Crippen LogP contribution in [0.4, 0.5) is 0 Å². The van der Waals surface area contributed by atoms with Gasteiger partial charge >= 0.3 is 0 Å². The molecule has 0 amide bonds. The highest BCUT2D eigenvalue weighted by molar-refractivity contribution is 9.09. The Labute approximate surface area is 151 Å². The van der Waals surface area contributed by atoms with Gasteiger partial charge in [0, 0.05) is 11.9 Å². The van der Waals surface area contributed by atoms with Crippen LogP contribution in [0.3, 0.4) is 0 Å². The lowest BCUT2D eigenvalue weighted by molar-refractivity contribution is -0.0623. The highest BCUT2D eigenvalue weighted by Crippen LogP contribution is 2.11. The second-order valence-electron chi connectivity index (χ2n) is 6.08. The van der Waals surface area contributed by atoms with Crippen molar-refractivity contribution in [1.82, 2.24) is 0 Å². The molecule has 0 atom stereocenters. The van der Waals surface area contributed by atoms with Gasteiger partial charge in [0.05, 0.1) is 6.61 Å². The minimum absolute atomic E-state index is 0.406. The van der Waals surface area contributed by atoms with Gasteiger partial charge in [-0.1, -0.05) is 97.6 Å². The van der Waals surface area contributed by atoms with Crippen molar-refractivity contribution >= 4 is 15.9 Å². The van der Waals surface area contributed by atoms with Crippen LogP contribution >= 0.6 is 15.9 Å². The van der Waals surface area contributed by atoms with Gasteiger partial charge in [0.25, 0.3) is 0 Å². The van der Waals surface area contributed by atoms with E-state index in [0.29, 0.717) is 13.4 Å². The SMILES string of the molecule is BrCCCCCCCCCCCCOCOCc1ccccc1. The number of unbranched alkanes of at least 4 members (excludes halogenated alkanes) is 9. The molecule has 0 aliphatic carbocycles. The van der Waals surface area contributed by atoms with Gasteiger partial charge in [-0.3, -0.25) is 0 Å². The highest BCUT2D eigenvalue weighted by Gasteiger charge is 1.95. The van der Waals surface area contributed by atoms with Gasteiger partial charge in [-0.05, 0) is 18.4 Å². The molecule has 1 aromatic carbocycles. The summed E-state index contributed by atoms with van der Waals surface area (Å²) in [6, 6.07) is 10.2. The molecule has 0 spiro atoms. The van der Waals surface area contributed by atoms with Gasteiger partial charge in [0.1, 0.15) is 6.79 Å². The quantitative estimate of drug-likeness (QED) is 0.184. The summed E-state index contributed by atoms with van der Waals surface area (Å²) in [5.74, 6) is 0. The second kappa shape index (κ2) is 16.5. The molecule has 0 saturated heterocycles. The second-order valence-corrected chi connectivity index (χ2v) is 6.88. The average Bonchev–Trinajstić information content (AvgIpc) is 2.59. The third-order valence-corrected chi connectivity index (χ3v) is 4.51. The molecular weight excluding hydrogens is 352 g/mol. The lowest BCUT2D eigenvalue weighted by Gasteiger charge is -2.06. The van der Waals surface area contributed by atoms with Crippen LogP contribution in [0.5, 0.6) is 0 Å². The fraction of sp³-hybridized carbons (Fsp3) is 0.700. The summed E-state index contributed by atoms with van der Waals surface area (Å²) in [6.07, 6.45) is 13.5. The Morgan fingerprint density at radius 3 is 1.83 bits per heavy atom. The van der Waals surface area contributed by atoms with Crippen molar-refractivity contribution in [1.29, 1.82) is 0 Å². The molecule has 0 radical (unpaired) electrons. The van der Waals surface area contributed by atoms with E-state index in [1.54, 1.807) is 0 Å². The number of hydrogen-bond acceptors (Lipinski definition) is 2. The molecule has 0 bridgehead atoms. The number of halogens is 1. The Kier molecular flexibility index (Phi) is 14.8. The van der Waals surface area contributed by atoms with E-state index in [4.69, 9.17) is 9.47 Å². The Morgan fingerprint density at radius 1 is 0.652 bits per heavy atom. The lowest BCUT2D eigenvalue weighted by Crippen LogP contribution is -2.01. The fourth-order valence-electron chi connectivity index (χ4n) is 2.56. The van der Waals surface area contributed by atoms with Gasteiger partial charge < -0.3 is 9.47 Å². The van der Waals surface area contributed by atoms with Crippen LogP contribution in [-0.4, -0.2) is 18.7 Å². The van der Waals surface area contributed by atoms with E-state index >= 15 is 0 Å². The van der Waals surface area contributed by atoms with Crippen LogP contribution in [0.2, 0.25) is 0 Å². The fourth-order valence-corrected chi connectivity index (χ4v) is 2.96. The van der Waals surface area contributed by atoms with Crippen molar-refractivity contribution in [2.75, 3.05) is 18.7 Å². The summed E-state index contributed by atoms with van der Waals surface area (Å²) in [4.78, 5) is 0. The maximum absolute atomic E-state index is 5.51. The molecule has 0 N–H and O–H groups in total. The molecule has 3 heteroatoms. The number of benzene rings is 1. The summed E-state index contributed by atoms with van der Waals surface area (Å²) in [5, 5.41) is 1.16. The zero-order valence-corrected chi connectivity index (χ0v) is 16.1. The molecule has 1 aromatic rings. The third-order valence-electron chi connectivity index (χ3n) is 3.95. The van der Waals surface area contributed by atoms with Crippen molar-refractivity contribution in [3.05, 3.63) is 35.9 Å². The van der Waals surface area contributed by atoms with Crippen molar-refractivity contribution in [3.63, 3.8) is 0 Å². The molecule has 0 aromatic heterocycles. The van der Waals surface area contributed by atoms with Crippen molar-refractivity contribution in [2.45, 2.75) is 70.8 Å². The zero-order chi connectivity index (χ0) is 16.4. The molecule has 2 nitrogen and oxygen atoms in total. The summed E-state index contributed by atoms with van der Waals surface area (Å²) in [7, 11) is 0. The average molecular weight is 385 g/mol. The standard InChI is InChI=1S/C20H33BrO2/c21-16-12-7-5-3-1-2-4-6-8-13-17-22-19-23-18-20-14-10-9-11-15-20/h9-11,14-15H,1-8,12-13,16-19H2. The van der Waals surface area contributed by atoms with Crippen LogP contribution in [0.1, 0.15) is 69.8 Å². The van der Waals surface area contributed by atoms with E-state index in [-0.39, 0.29) is 0 Å². The molecule has 0 aliphatic rings. The van der Waals surface area contributed by atoms with Crippen LogP contribution < -0.4 is 0 Å². The Balaban J connectivity index is 1.72. The highest BCUT2D eigenvalue weighted by atomic mass is 79.9. The minimum atomic E-state index is 0.406. The zero-order valence-electron chi connectivity index (χ0n) is 14.5. The summed E-state index contributed by atoms with van der Waals surface area (Å²) < 4.78 is 11.0. The number of hydrogen-bond donors (Lipinski definition) is 0. The van der Waals surface area contributed by atoms with Crippen LogP contribution in [0, 0.1) is 0 Å². The van der Waals surface area contributed by atoms with Gasteiger partial charge in [-0.25, -0.2) is 0 Å². The summed E-state index contributed by atoms with van der Waals surface area (Å²) >= 11 is 3.48. The van der Waals surface area contributed by atoms with Crippen LogP contribution in [0.25, 0.3) is 0 Å². The third kappa shape index (κ3) is 13.7. The Morgan fingerprint density at radius 2 is 1.22 bits per heavy atom. The maximum atomic E-state index is 5.51. The van der Waals surface area contributed by atoms with E-state index in [1.807, 2.05) is 18.2 Å². The van der Waals surface area contributed by atoms with Gasteiger partial charge in [-0.15, -0.1) is 0 Å². The van der Waals surface area contributed by atoms with Gasteiger partial charge in [0.15, 0.2) is 0 Å². The number of rotatable bonds is 16. The van der Waals surface area contributed by atoms with E-state index in [2.05, 4.69) is 28.1 Å². The Bertz CT molecular complexity index is 343. The van der Waals surface area contributed by atoms with E-state index in [9.17, 15) is 0 Å². The first kappa shape index (κ1) is 20.7. The van der Waals surface area contributed by atoms with E-state index in [0.717, 1.165) is 18.4 Å². The topological polar surface area (TPSA) is 18.5 Å². The molecule has 0 unspecified atom stereocenters. The number of alkyl halides is 1. The summed E-state index contributed by atoms with van der Waals surface area (Å²) in [6.45, 7) is 1.86. The Hall–Kier alpha value is -0.380. The number of ether oxygens (including phenoxy) is 2. The van der Waals surface area contributed by atoms with Crippen molar-refractivity contribution in [3.8, 4) is 0 Å². The molecular formula is C20H33BrO2. The lowest BCUT2D eigenvalue weighted by atomic mass is 10.1. The molecule has 1 rings (SSSR count). The van der Waals surface area contributed by atoms with E-state index < -0.39 is 0 Å². The van der Waals surface area contributed by atoms with Gasteiger partial charge in [-0.2, -0.15) is 0 Å². The molecule has 0 fully saturated rings. The van der Waals surface area contributed by atoms with Crippen molar-refractivity contribution < 1.29 is 9.47 Å². The van der Waals surface area contributed by atoms with Gasteiger partial charge in [0.2, 0.25) is 0 Å². The predicted molar refractivity (Wildman–Crippen MR) is 102 cm³/mol. The molecule has 132 valence electrons. The maximum Gasteiger partial charge on any atom is 0.147 e. The normalized spacial score (nSPS) is 11.0. The minimum Gasteiger partial charge on any atom is -0.355 e. The monoisotopic (exact) mass is 384 g/mol. The van der Waals surface area contributed by atoms with Crippen LogP contribution in [-0.2, 0) is 16.1 Å².